The largest absolute Gasteiger partial charge is 0.488 e. The molecule has 0 bridgehead atoms. The van der Waals surface area contributed by atoms with E-state index in [1.54, 1.807) is 6.92 Å². The Kier molecular flexibility index (Phi) is 6.16. The predicted octanol–water partition coefficient (Wildman–Crippen LogP) is 2.58. The summed E-state index contributed by atoms with van der Waals surface area (Å²) in [4.78, 5) is 0. The van der Waals surface area contributed by atoms with Gasteiger partial charge >= 0.3 is 0 Å². The van der Waals surface area contributed by atoms with E-state index in [-0.39, 0.29) is 6.10 Å². The minimum absolute atomic E-state index is 0.185. The second-order valence-corrected chi connectivity index (χ2v) is 5.23. The third kappa shape index (κ3) is 5.52. The van der Waals surface area contributed by atoms with Gasteiger partial charge in [0.05, 0.1) is 6.10 Å². The highest BCUT2D eigenvalue weighted by molar-refractivity contribution is 5.27. The van der Waals surface area contributed by atoms with Gasteiger partial charge in [0.1, 0.15) is 11.9 Å². The molecule has 0 aromatic heterocycles. The molecule has 2 atom stereocenters. The third-order valence-corrected chi connectivity index (χ3v) is 2.81. The SMILES string of the molecule is CC(C)CNCc1ccc(OC(C)C(C)O)cc1. The summed E-state index contributed by atoms with van der Waals surface area (Å²) in [7, 11) is 0. The maximum absolute atomic E-state index is 9.37. The molecule has 0 aliphatic carbocycles. The lowest BCUT2D eigenvalue weighted by molar-refractivity contribution is 0.0604. The molecule has 3 nitrogen and oxygen atoms in total. The van der Waals surface area contributed by atoms with Crippen molar-refractivity contribution >= 4 is 0 Å². The van der Waals surface area contributed by atoms with E-state index in [2.05, 4.69) is 31.3 Å². The van der Waals surface area contributed by atoms with Gasteiger partial charge in [0.15, 0.2) is 0 Å². The van der Waals surface area contributed by atoms with Crippen LogP contribution in [-0.2, 0) is 6.54 Å². The van der Waals surface area contributed by atoms with Gasteiger partial charge in [-0.2, -0.15) is 0 Å². The molecule has 1 rings (SSSR count). The summed E-state index contributed by atoms with van der Waals surface area (Å²) in [6.07, 6.45) is -0.646. The molecule has 18 heavy (non-hydrogen) atoms. The first-order chi connectivity index (χ1) is 8.49. The molecule has 0 amide bonds. The highest BCUT2D eigenvalue weighted by Gasteiger charge is 2.09. The molecule has 0 aliphatic rings. The lowest BCUT2D eigenvalue weighted by atomic mass is 10.2. The topological polar surface area (TPSA) is 41.5 Å². The Morgan fingerprint density at radius 1 is 1.11 bits per heavy atom. The van der Waals surface area contributed by atoms with E-state index in [0.717, 1.165) is 18.8 Å². The Labute approximate surface area is 110 Å². The normalized spacial score (nSPS) is 14.6. The molecule has 0 aliphatic heterocycles. The fraction of sp³-hybridized carbons (Fsp3) is 0.600. The molecule has 2 N–H and O–H groups in total. The minimum atomic E-state index is -0.461. The van der Waals surface area contributed by atoms with Gasteiger partial charge in [0.25, 0.3) is 0 Å². The molecule has 1 aromatic rings. The van der Waals surface area contributed by atoms with E-state index in [0.29, 0.717) is 5.92 Å². The van der Waals surface area contributed by atoms with Crippen molar-refractivity contribution in [2.45, 2.75) is 46.4 Å². The van der Waals surface area contributed by atoms with Crippen molar-refractivity contribution in [1.29, 1.82) is 0 Å². The Morgan fingerprint density at radius 2 is 1.72 bits per heavy atom. The Bertz CT molecular complexity index is 333. The van der Waals surface area contributed by atoms with Crippen LogP contribution in [0.2, 0.25) is 0 Å². The summed E-state index contributed by atoms with van der Waals surface area (Å²) in [5, 5.41) is 12.8. The van der Waals surface area contributed by atoms with Crippen molar-refractivity contribution in [2.75, 3.05) is 6.54 Å². The van der Waals surface area contributed by atoms with Gasteiger partial charge in [-0.15, -0.1) is 0 Å². The van der Waals surface area contributed by atoms with Crippen LogP contribution in [0, 0.1) is 5.92 Å². The van der Waals surface area contributed by atoms with Gasteiger partial charge in [0, 0.05) is 6.54 Å². The number of rotatable bonds is 7. The molecule has 102 valence electrons. The average Bonchev–Trinajstić information content (AvgIpc) is 2.30. The summed E-state index contributed by atoms with van der Waals surface area (Å²) in [6.45, 7) is 9.89. The lowest BCUT2D eigenvalue weighted by Crippen LogP contribution is -2.25. The van der Waals surface area contributed by atoms with Crippen LogP contribution in [0.4, 0.5) is 0 Å². The molecule has 2 unspecified atom stereocenters. The van der Waals surface area contributed by atoms with Crippen LogP contribution in [0.25, 0.3) is 0 Å². The van der Waals surface area contributed by atoms with Crippen LogP contribution in [0.5, 0.6) is 5.75 Å². The van der Waals surface area contributed by atoms with E-state index in [9.17, 15) is 5.11 Å². The summed E-state index contributed by atoms with van der Waals surface area (Å²) in [6, 6.07) is 8.01. The highest BCUT2D eigenvalue weighted by atomic mass is 16.5. The first kappa shape index (κ1) is 15.0. The first-order valence-electron chi connectivity index (χ1n) is 6.63. The summed E-state index contributed by atoms with van der Waals surface area (Å²) in [5.41, 5.74) is 1.24. The van der Waals surface area contributed by atoms with Crippen LogP contribution < -0.4 is 10.1 Å². The van der Waals surface area contributed by atoms with Crippen LogP contribution >= 0.6 is 0 Å². The number of aliphatic hydroxyl groups is 1. The van der Waals surface area contributed by atoms with Crippen molar-refractivity contribution in [2.24, 2.45) is 5.92 Å². The number of benzene rings is 1. The number of hydrogen-bond acceptors (Lipinski definition) is 3. The van der Waals surface area contributed by atoms with Gasteiger partial charge in [-0.1, -0.05) is 26.0 Å². The number of ether oxygens (including phenoxy) is 1. The van der Waals surface area contributed by atoms with E-state index in [1.165, 1.54) is 5.56 Å². The zero-order chi connectivity index (χ0) is 13.5. The average molecular weight is 251 g/mol. The Morgan fingerprint density at radius 3 is 2.22 bits per heavy atom. The number of hydrogen-bond donors (Lipinski definition) is 2. The zero-order valence-electron chi connectivity index (χ0n) is 11.8. The van der Waals surface area contributed by atoms with Crippen LogP contribution in [0.3, 0.4) is 0 Å². The molecule has 0 saturated heterocycles. The second-order valence-electron chi connectivity index (χ2n) is 5.23. The van der Waals surface area contributed by atoms with Gasteiger partial charge in [-0.3, -0.25) is 0 Å². The predicted molar refractivity (Wildman–Crippen MR) is 74.8 cm³/mol. The summed E-state index contributed by atoms with van der Waals surface area (Å²) < 4.78 is 5.60. The maximum Gasteiger partial charge on any atom is 0.121 e. The smallest absolute Gasteiger partial charge is 0.121 e. The molecule has 0 radical (unpaired) electrons. The molecule has 0 saturated carbocycles. The highest BCUT2D eigenvalue weighted by Crippen LogP contribution is 2.15. The van der Waals surface area contributed by atoms with Crippen molar-refractivity contribution in [3.05, 3.63) is 29.8 Å². The van der Waals surface area contributed by atoms with Crippen LogP contribution in [0.15, 0.2) is 24.3 Å². The first-order valence-corrected chi connectivity index (χ1v) is 6.63. The van der Waals surface area contributed by atoms with Crippen molar-refractivity contribution in [3.8, 4) is 5.75 Å². The van der Waals surface area contributed by atoms with E-state index in [1.807, 2.05) is 19.1 Å². The van der Waals surface area contributed by atoms with Gasteiger partial charge in [-0.25, -0.2) is 0 Å². The van der Waals surface area contributed by atoms with Gasteiger partial charge in [-0.05, 0) is 44.0 Å². The van der Waals surface area contributed by atoms with Crippen LogP contribution in [-0.4, -0.2) is 23.9 Å². The van der Waals surface area contributed by atoms with Crippen molar-refractivity contribution < 1.29 is 9.84 Å². The fourth-order valence-corrected chi connectivity index (χ4v) is 1.50. The number of aliphatic hydroxyl groups excluding tert-OH is 1. The van der Waals surface area contributed by atoms with E-state index in [4.69, 9.17) is 4.74 Å². The Hall–Kier alpha value is -1.06. The zero-order valence-corrected chi connectivity index (χ0v) is 11.8. The quantitative estimate of drug-likeness (QED) is 0.782. The monoisotopic (exact) mass is 251 g/mol. The molecule has 0 spiro atoms. The van der Waals surface area contributed by atoms with E-state index < -0.39 is 6.10 Å². The Balaban J connectivity index is 2.42. The molecule has 0 fully saturated rings. The van der Waals surface area contributed by atoms with E-state index >= 15 is 0 Å². The third-order valence-electron chi connectivity index (χ3n) is 2.81. The van der Waals surface area contributed by atoms with Gasteiger partial charge in [0.2, 0.25) is 0 Å². The second kappa shape index (κ2) is 7.39. The molecular formula is C15H25NO2. The summed E-state index contributed by atoms with van der Waals surface area (Å²) in [5.74, 6) is 1.47. The van der Waals surface area contributed by atoms with Gasteiger partial charge < -0.3 is 15.2 Å². The van der Waals surface area contributed by atoms with Crippen molar-refractivity contribution in [3.63, 3.8) is 0 Å². The lowest BCUT2D eigenvalue weighted by Gasteiger charge is -2.17. The maximum atomic E-state index is 9.37. The standard InChI is InChI=1S/C15H25NO2/c1-11(2)9-16-10-14-5-7-15(8-6-14)18-13(4)12(3)17/h5-8,11-13,16-17H,9-10H2,1-4H3. The summed E-state index contributed by atoms with van der Waals surface area (Å²) >= 11 is 0. The van der Waals surface area contributed by atoms with Crippen LogP contribution in [0.1, 0.15) is 33.3 Å². The number of nitrogens with one attached hydrogen (secondary N) is 1. The molecule has 0 heterocycles. The molecule has 3 heteroatoms. The minimum Gasteiger partial charge on any atom is -0.488 e. The molecule has 1 aromatic carbocycles. The molecular weight excluding hydrogens is 226 g/mol. The van der Waals surface area contributed by atoms with Crippen molar-refractivity contribution in [1.82, 2.24) is 5.32 Å². The fourth-order valence-electron chi connectivity index (χ4n) is 1.50.